The van der Waals surface area contributed by atoms with Gasteiger partial charge in [-0.3, -0.25) is 0 Å². The molecule has 0 spiro atoms. The van der Waals surface area contributed by atoms with E-state index >= 15 is 0 Å². The Labute approximate surface area is 168 Å². The van der Waals surface area contributed by atoms with Gasteiger partial charge in [0.15, 0.2) is 5.76 Å². The fraction of sp³-hybridized carbons (Fsp3) is 0.609. The van der Waals surface area contributed by atoms with Gasteiger partial charge in [0.25, 0.3) is 0 Å². The van der Waals surface area contributed by atoms with Gasteiger partial charge in [0, 0.05) is 18.2 Å². The summed E-state index contributed by atoms with van der Waals surface area (Å²) >= 11 is 0. The molecule has 0 radical (unpaired) electrons. The average molecular weight is 384 g/mol. The van der Waals surface area contributed by atoms with E-state index in [1.165, 1.54) is 32.4 Å². The minimum Gasteiger partial charge on any atom is -0.486 e. The molecule has 2 aromatic rings. The van der Waals surface area contributed by atoms with Crippen LogP contribution in [0.2, 0.25) is 0 Å². The Bertz CT molecular complexity index is 750. The van der Waals surface area contributed by atoms with E-state index < -0.39 is 0 Å². The second-order valence-corrected chi connectivity index (χ2v) is 9.14. The molecule has 1 aliphatic heterocycles. The Kier molecular flexibility index (Phi) is 5.74. The van der Waals surface area contributed by atoms with Crippen molar-refractivity contribution in [2.45, 2.75) is 58.2 Å². The lowest BCUT2D eigenvalue weighted by Crippen LogP contribution is -2.60. The molecule has 28 heavy (non-hydrogen) atoms. The number of nitrogens with zero attached hydrogens (tertiary/aromatic N) is 2. The van der Waals surface area contributed by atoms with Crippen LogP contribution in [-0.4, -0.2) is 42.3 Å². The highest BCUT2D eigenvalue weighted by Crippen LogP contribution is 2.48. The van der Waals surface area contributed by atoms with Gasteiger partial charge in [-0.15, -0.1) is 0 Å². The molecule has 0 bridgehead atoms. The summed E-state index contributed by atoms with van der Waals surface area (Å²) in [7, 11) is 2.22. The number of rotatable bonds is 7. The molecule has 152 valence electrons. The molecule has 1 aromatic heterocycles. The van der Waals surface area contributed by atoms with Crippen LogP contribution < -0.4 is 10.1 Å². The van der Waals surface area contributed by atoms with Crippen LogP contribution in [0, 0.1) is 11.3 Å². The first-order chi connectivity index (χ1) is 13.5. The lowest BCUT2D eigenvalue weighted by Gasteiger charge is -2.54. The van der Waals surface area contributed by atoms with Gasteiger partial charge in [-0.2, -0.15) is 0 Å². The summed E-state index contributed by atoms with van der Waals surface area (Å²) in [6, 6.07) is 13.2. The summed E-state index contributed by atoms with van der Waals surface area (Å²) in [4.78, 5) is 2.43. The molecular weight excluding hydrogens is 350 g/mol. The summed E-state index contributed by atoms with van der Waals surface area (Å²) in [5.74, 6) is 2.28. The van der Waals surface area contributed by atoms with Gasteiger partial charge in [-0.05, 0) is 69.3 Å². The van der Waals surface area contributed by atoms with Crippen LogP contribution in [0.5, 0.6) is 5.75 Å². The first-order valence-corrected chi connectivity index (χ1v) is 10.6. The monoisotopic (exact) mass is 383 g/mol. The molecule has 2 aliphatic rings. The van der Waals surface area contributed by atoms with E-state index in [1.807, 2.05) is 30.3 Å². The van der Waals surface area contributed by atoms with Crippen LogP contribution in [0.15, 0.2) is 40.9 Å². The first-order valence-electron chi connectivity index (χ1n) is 10.6. The largest absolute Gasteiger partial charge is 0.486 e. The second kappa shape index (κ2) is 8.26. The summed E-state index contributed by atoms with van der Waals surface area (Å²) in [5.41, 5.74) is 1.34. The maximum atomic E-state index is 5.75. The summed E-state index contributed by atoms with van der Waals surface area (Å²) < 4.78 is 11.2. The number of benzene rings is 1. The normalized spacial score (nSPS) is 25.4. The lowest BCUT2D eigenvalue weighted by molar-refractivity contribution is 0.00205. The van der Waals surface area contributed by atoms with E-state index in [0.717, 1.165) is 23.6 Å². The Morgan fingerprint density at radius 1 is 1.21 bits per heavy atom. The molecule has 5 nitrogen and oxygen atoms in total. The van der Waals surface area contributed by atoms with Crippen LogP contribution >= 0.6 is 0 Å². The predicted octanol–water partition coefficient (Wildman–Crippen LogP) is 3.89. The molecule has 0 unspecified atom stereocenters. The molecule has 1 aromatic carbocycles. The van der Waals surface area contributed by atoms with E-state index in [4.69, 9.17) is 9.26 Å². The van der Waals surface area contributed by atoms with Crippen molar-refractivity contribution in [3.63, 3.8) is 0 Å². The topological polar surface area (TPSA) is 50.5 Å². The molecule has 5 heteroatoms. The van der Waals surface area contributed by atoms with Gasteiger partial charge >= 0.3 is 0 Å². The van der Waals surface area contributed by atoms with Crippen LogP contribution in [0.3, 0.4) is 0 Å². The number of aromatic nitrogens is 1. The Hall–Kier alpha value is -1.85. The molecule has 1 N–H and O–H groups in total. The molecule has 1 saturated heterocycles. The number of piperidine rings is 1. The molecule has 2 heterocycles. The van der Waals surface area contributed by atoms with E-state index in [2.05, 4.69) is 42.3 Å². The van der Waals surface area contributed by atoms with Gasteiger partial charge in [0.05, 0.1) is 5.69 Å². The molecule has 2 atom stereocenters. The van der Waals surface area contributed by atoms with Crippen LogP contribution in [-0.2, 0) is 13.0 Å². The highest BCUT2D eigenvalue weighted by molar-refractivity contribution is 5.21. The predicted molar refractivity (Wildman–Crippen MR) is 110 cm³/mol. The zero-order valence-corrected chi connectivity index (χ0v) is 17.4. The minimum atomic E-state index is 0.295. The fourth-order valence-electron chi connectivity index (χ4n) is 4.55. The van der Waals surface area contributed by atoms with E-state index in [9.17, 15) is 0 Å². The highest BCUT2D eigenvalue weighted by atomic mass is 16.5. The van der Waals surface area contributed by atoms with Crippen molar-refractivity contribution < 1.29 is 9.26 Å². The molecule has 2 fully saturated rings. The maximum Gasteiger partial charge on any atom is 0.174 e. The van der Waals surface area contributed by atoms with Gasteiger partial charge in [0.2, 0.25) is 0 Å². The second-order valence-electron chi connectivity index (χ2n) is 9.14. The molecular formula is C23H33N3O2. The molecule has 0 amide bonds. The van der Waals surface area contributed by atoms with Crippen molar-refractivity contribution >= 4 is 0 Å². The van der Waals surface area contributed by atoms with Gasteiger partial charge in [-0.25, -0.2) is 0 Å². The maximum absolute atomic E-state index is 5.75. The van der Waals surface area contributed by atoms with Crippen molar-refractivity contribution in [2.75, 3.05) is 20.1 Å². The minimum absolute atomic E-state index is 0.295. The van der Waals surface area contributed by atoms with Gasteiger partial charge in [0.1, 0.15) is 12.4 Å². The first kappa shape index (κ1) is 19.5. The third kappa shape index (κ3) is 4.41. The van der Waals surface area contributed by atoms with E-state index in [0.29, 0.717) is 30.0 Å². The SMILES string of the molecule is CN1CCC(N[C@H]2C[C@@H](Cc3cc(COc4ccccc4)on3)C2(C)C)CC1. The third-order valence-electron chi connectivity index (χ3n) is 6.81. The molecule has 1 aliphatic carbocycles. The van der Waals surface area contributed by atoms with Crippen molar-refractivity contribution in [1.82, 2.24) is 15.4 Å². The molecule has 4 rings (SSSR count). The lowest BCUT2D eigenvalue weighted by atomic mass is 9.57. The van der Waals surface area contributed by atoms with Crippen LogP contribution in [0.1, 0.15) is 44.6 Å². The van der Waals surface area contributed by atoms with E-state index in [-0.39, 0.29) is 0 Å². The number of hydrogen-bond donors (Lipinski definition) is 1. The van der Waals surface area contributed by atoms with Crippen molar-refractivity contribution in [1.29, 1.82) is 0 Å². The van der Waals surface area contributed by atoms with Crippen molar-refractivity contribution in [3.05, 3.63) is 47.9 Å². The zero-order valence-electron chi connectivity index (χ0n) is 17.4. The summed E-state index contributed by atoms with van der Waals surface area (Å²) in [5, 5.41) is 8.22. The molecule has 1 saturated carbocycles. The van der Waals surface area contributed by atoms with Crippen LogP contribution in [0.4, 0.5) is 0 Å². The number of nitrogens with one attached hydrogen (secondary N) is 1. The zero-order chi connectivity index (χ0) is 19.6. The number of hydrogen-bond acceptors (Lipinski definition) is 5. The summed E-state index contributed by atoms with van der Waals surface area (Å²) in [6.07, 6.45) is 4.74. The van der Waals surface area contributed by atoms with Crippen molar-refractivity contribution in [2.24, 2.45) is 11.3 Å². The number of ether oxygens (including phenoxy) is 1. The van der Waals surface area contributed by atoms with E-state index in [1.54, 1.807) is 0 Å². The quantitative estimate of drug-likeness (QED) is 0.786. The number of likely N-dealkylation sites (tertiary alicyclic amines) is 1. The van der Waals surface area contributed by atoms with Gasteiger partial charge < -0.3 is 19.5 Å². The van der Waals surface area contributed by atoms with Crippen molar-refractivity contribution in [3.8, 4) is 5.75 Å². The average Bonchev–Trinajstić information content (AvgIpc) is 3.15. The summed E-state index contributed by atoms with van der Waals surface area (Å²) in [6.45, 7) is 7.63. The number of para-hydroxylation sites is 1. The highest BCUT2D eigenvalue weighted by Gasteiger charge is 2.48. The fourth-order valence-corrected chi connectivity index (χ4v) is 4.55. The van der Waals surface area contributed by atoms with Crippen LogP contribution in [0.25, 0.3) is 0 Å². The smallest absolute Gasteiger partial charge is 0.174 e. The Morgan fingerprint density at radius 2 is 1.96 bits per heavy atom. The van der Waals surface area contributed by atoms with Gasteiger partial charge in [-0.1, -0.05) is 37.2 Å². The Balaban J connectivity index is 1.25. The Morgan fingerprint density at radius 3 is 2.68 bits per heavy atom. The third-order valence-corrected chi connectivity index (χ3v) is 6.81. The standard InChI is InChI=1S/C23H33N3O2/c1-23(2)17(14-22(23)24-18-9-11-26(3)12-10-18)13-19-15-21(28-25-19)16-27-20-7-5-4-6-8-20/h4-8,15,17-18,22,24H,9-14,16H2,1-3H3/t17-,22+/m1/s1.